The first kappa shape index (κ1) is 21.6. The Balaban J connectivity index is 1.55. The van der Waals surface area contributed by atoms with Gasteiger partial charge in [0.15, 0.2) is 5.16 Å². The minimum Gasteiger partial charge on any atom is -0.352 e. The van der Waals surface area contributed by atoms with Crippen molar-refractivity contribution in [2.75, 3.05) is 5.75 Å². The lowest BCUT2D eigenvalue weighted by Gasteiger charge is -2.34. The first-order chi connectivity index (χ1) is 15.0. The molecule has 1 amide bonds. The van der Waals surface area contributed by atoms with Crippen LogP contribution in [-0.2, 0) is 11.3 Å². The standard InChI is InChI=1S/C24H28N4O2S/c1-16-6-5-9-20(17(16)2)26-22(29)15-31-24-27-21-8-4-3-7-19(21)23(30)28(24)14-18-10-12-25-13-11-18/h3-4,7-8,10-13,16-17,20H,5-6,9,14-15H2,1-2H3,(H,26,29)/t16-,17-,20-/m1/s1. The fourth-order valence-corrected chi connectivity index (χ4v) is 5.04. The molecule has 3 atom stereocenters. The topological polar surface area (TPSA) is 76.9 Å². The molecule has 31 heavy (non-hydrogen) atoms. The maximum Gasteiger partial charge on any atom is 0.262 e. The van der Waals surface area contributed by atoms with Crippen LogP contribution in [0.1, 0.15) is 38.7 Å². The number of thioether (sulfide) groups is 1. The monoisotopic (exact) mass is 436 g/mol. The van der Waals surface area contributed by atoms with Gasteiger partial charge < -0.3 is 5.32 Å². The number of hydrogen-bond donors (Lipinski definition) is 1. The van der Waals surface area contributed by atoms with E-state index in [0.717, 1.165) is 18.4 Å². The van der Waals surface area contributed by atoms with Crippen LogP contribution in [0.15, 0.2) is 58.7 Å². The average molecular weight is 437 g/mol. The second-order valence-electron chi connectivity index (χ2n) is 8.39. The van der Waals surface area contributed by atoms with Crippen LogP contribution in [0, 0.1) is 11.8 Å². The van der Waals surface area contributed by atoms with E-state index in [4.69, 9.17) is 4.98 Å². The molecule has 1 aliphatic rings. The number of amides is 1. The van der Waals surface area contributed by atoms with Crippen molar-refractivity contribution in [2.45, 2.75) is 50.9 Å². The zero-order valence-corrected chi connectivity index (χ0v) is 18.8. The van der Waals surface area contributed by atoms with Crippen molar-refractivity contribution in [3.8, 4) is 0 Å². The van der Waals surface area contributed by atoms with Gasteiger partial charge in [0.2, 0.25) is 5.91 Å². The Labute approximate surface area is 186 Å². The van der Waals surface area contributed by atoms with Crippen molar-refractivity contribution in [1.82, 2.24) is 19.9 Å². The molecule has 0 spiro atoms. The Morgan fingerprint density at radius 2 is 1.94 bits per heavy atom. The van der Waals surface area contributed by atoms with Gasteiger partial charge in [0.05, 0.1) is 23.2 Å². The van der Waals surface area contributed by atoms with E-state index in [9.17, 15) is 9.59 Å². The third kappa shape index (κ3) is 4.98. The number of hydrogen-bond acceptors (Lipinski definition) is 5. The van der Waals surface area contributed by atoms with Crippen LogP contribution in [0.4, 0.5) is 0 Å². The maximum atomic E-state index is 13.2. The summed E-state index contributed by atoms with van der Waals surface area (Å²) in [6.07, 6.45) is 6.83. The van der Waals surface area contributed by atoms with E-state index < -0.39 is 0 Å². The molecule has 7 heteroatoms. The number of nitrogens with one attached hydrogen (secondary N) is 1. The molecule has 162 valence electrons. The molecule has 2 aromatic heterocycles. The number of fused-ring (bicyclic) bond motifs is 1. The summed E-state index contributed by atoms with van der Waals surface area (Å²) < 4.78 is 1.65. The highest BCUT2D eigenvalue weighted by molar-refractivity contribution is 7.99. The fraction of sp³-hybridized carbons (Fsp3) is 0.417. The van der Waals surface area contributed by atoms with Crippen molar-refractivity contribution in [3.05, 3.63) is 64.7 Å². The highest BCUT2D eigenvalue weighted by atomic mass is 32.2. The van der Waals surface area contributed by atoms with Crippen molar-refractivity contribution in [1.29, 1.82) is 0 Å². The maximum absolute atomic E-state index is 13.2. The number of carbonyl (C=O) groups is 1. The molecule has 0 radical (unpaired) electrons. The molecule has 1 aromatic carbocycles. The van der Waals surface area contributed by atoms with E-state index in [0.29, 0.717) is 34.4 Å². The molecule has 2 heterocycles. The lowest BCUT2D eigenvalue weighted by Crippen LogP contribution is -2.44. The highest BCUT2D eigenvalue weighted by Gasteiger charge is 2.28. The smallest absolute Gasteiger partial charge is 0.262 e. The molecule has 1 fully saturated rings. The summed E-state index contributed by atoms with van der Waals surface area (Å²) in [7, 11) is 0. The van der Waals surface area contributed by atoms with Crippen LogP contribution >= 0.6 is 11.8 Å². The Morgan fingerprint density at radius 3 is 2.74 bits per heavy atom. The molecule has 0 aliphatic heterocycles. The minimum absolute atomic E-state index is 0.00572. The predicted molar refractivity (Wildman–Crippen MR) is 124 cm³/mol. The normalized spacial score (nSPS) is 21.2. The number of benzene rings is 1. The lowest BCUT2D eigenvalue weighted by atomic mass is 9.78. The highest BCUT2D eigenvalue weighted by Crippen LogP contribution is 2.29. The number of carbonyl (C=O) groups excluding carboxylic acids is 1. The SMILES string of the molecule is C[C@@H]1[C@H](C)CCC[C@H]1NC(=O)CSc1nc2ccccc2c(=O)n1Cc1ccncc1. The zero-order chi connectivity index (χ0) is 21.8. The fourth-order valence-electron chi connectivity index (χ4n) is 4.23. The number of para-hydroxylation sites is 1. The van der Waals surface area contributed by atoms with Gasteiger partial charge in [0.25, 0.3) is 5.56 Å². The van der Waals surface area contributed by atoms with Crippen molar-refractivity contribution in [3.63, 3.8) is 0 Å². The Kier molecular flexibility index (Phi) is 6.70. The quantitative estimate of drug-likeness (QED) is 0.469. The number of rotatable bonds is 6. The number of nitrogens with zero attached hydrogens (tertiary/aromatic N) is 3. The molecule has 0 unspecified atom stereocenters. The van der Waals surface area contributed by atoms with Gasteiger partial charge in [-0.25, -0.2) is 4.98 Å². The van der Waals surface area contributed by atoms with Gasteiger partial charge in [0, 0.05) is 18.4 Å². The Morgan fingerprint density at radius 1 is 1.16 bits per heavy atom. The number of aromatic nitrogens is 3. The largest absolute Gasteiger partial charge is 0.352 e. The summed E-state index contributed by atoms with van der Waals surface area (Å²) in [4.78, 5) is 34.6. The van der Waals surface area contributed by atoms with Crippen LogP contribution in [0.3, 0.4) is 0 Å². The molecule has 3 aromatic rings. The summed E-state index contributed by atoms with van der Waals surface area (Å²) in [5.41, 5.74) is 1.52. The van der Waals surface area contributed by atoms with Crippen LogP contribution in [0.2, 0.25) is 0 Å². The summed E-state index contributed by atoms with van der Waals surface area (Å²) in [5.74, 6) is 1.33. The van der Waals surface area contributed by atoms with Crippen molar-refractivity contribution < 1.29 is 4.79 Å². The summed E-state index contributed by atoms with van der Waals surface area (Å²) >= 11 is 1.32. The Hall–Kier alpha value is -2.67. The Bertz CT molecular complexity index is 1120. The van der Waals surface area contributed by atoms with Gasteiger partial charge in [-0.1, -0.05) is 50.6 Å². The number of pyridine rings is 1. The van der Waals surface area contributed by atoms with Crippen molar-refractivity contribution in [2.24, 2.45) is 11.8 Å². The molecule has 0 bridgehead atoms. The molecular formula is C24H28N4O2S. The third-order valence-electron chi connectivity index (χ3n) is 6.30. The first-order valence-corrected chi connectivity index (χ1v) is 11.8. The molecule has 1 N–H and O–H groups in total. The molecule has 0 saturated heterocycles. The zero-order valence-electron chi connectivity index (χ0n) is 18.0. The van der Waals surface area contributed by atoms with Crippen LogP contribution in [0.25, 0.3) is 10.9 Å². The van der Waals surface area contributed by atoms with Crippen LogP contribution in [-0.4, -0.2) is 32.2 Å². The molecule has 4 rings (SSSR count). The third-order valence-corrected chi connectivity index (χ3v) is 7.28. The summed E-state index contributed by atoms with van der Waals surface area (Å²) in [6.45, 7) is 4.87. The van der Waals surface area contributed by atoms with Crippen LogP contribution in [0.5, 0.6) is 0 Å². The lowest BCUT2D eigenvalue weighted by molar-refractivity contribution is -0.120. The van der Waals surface area contributed by atoms with Crippen molar-refractivity contribution >= 4 is 28.6 Å². The van der Waals surface area contributed by atoms with Gasteiger partial charge >= 0.3 is 0 Å². The van der Waals surface area contributed by atoms with Crippen LogP contribution < -0.4 is 10.9 Å². The molecular weight excluding hydrogens is 408 g/mol. The van der Waals surface area contributed by atoms with Gasteiger partial charge in [-0.3, -0.25) is 19.1 Å². The first-order valence-electron chi connectivity index (χ1n) is 10.8. The van der Waals surface area contributed by atoms with E-state index >= 15 is 0 Å². The van der Waals surface area contributed by atoms with Gasteiger partial charge in [0.1, 0.15) is 0 Å². The van der Waals surface area contributed by atoms with Gasteiger partial charge in [-0.15, -0.1) is 0 Å². The summed E-state index contributed by atoms with van der Waals surface area (Å²) in [5, 5.41) is 4.34. The molecule has 1 aliphatic carbocycles. The second-order valence-corrected chi connectivity index (χ2v) is 9.33. The van der Waals surface area contributed by atoms with Gasteiger partial charge in [-0.2, -0.15) is 0 Å². The molecule has 6 nitrogen and oxygen atoms in total. The van der Waals surface area contributed by atoms with E-state index in [1.165, 1.54) is 18.2 Å². The van der Waals surface area contributed by atoms with E-state index in [1.807, 2.05) is 30.3 Å². The predicted octanol–water partition coefficient (Wildman–Crippen LogP) is 3.87. The van der Waals surface area contributed by atoms with E-state index in [2.05, 4.69) is 24.1 Å². The minimum atomic E-state index is -0.0972. The van der Waals surface area contributed by atoms with E-state index in [1.54, 1.807) is 23.0 Å². The average Bonchev–Trinajstić information content (AvgIpc) is 2.78. The second kappa shape index (κ2) is 9.64. The summed E-state index contributed by atoms with van der Waals surface area (Å²) in [6, 6.07) is 11.3. The molecule has 1 saturated carbocycles. The van der Waals surface area contributed by atoms with E-state index in [-0.39, 0.29) is 23.3 Å². The van der Waals surface area contributed by atoms with Gasteiger partial charge in [-0.05, 0) is 48.1 Å².